The Kier molecular flexibility index (Phi) is 7.55. The SMILES string of the molecule is C=C1CC[C@]2(C(=O)O)CC[C@]3(C)C(=CC[C@@H]4[C@@]5(C)C[C@@H](O)[C@H](OC(=O)/C=C\c6ccc(O)cc6)C(C)(C)[C@@H]5CC[C@]43C)[C@@H]2[C@H]1C. The Labute approximate surface area is 268 Å². The van der Waals surface area contributed by atoms with E-state index in [2.05, 4.69) is 54.2 Å². The average Bonchev–Trinajstić information content (AvgIpc) is 2.97. The minimum Gasteiger partial charge on any atom is -0.508 e. The number of carboxylic acid groups (broad SMARTS) is 1. The highest BCUT2D eigenvalue weighted by molar-refractivity contribution is 5.87. The minimum atomic E-state index is -0.791. The number of carbonyl (C=O) groups is 2. The normalized spacial score (nSPS) is 43.7. The van der Waals surface area contributed by atoms with Gasteiger partial charge in [0.2, 0.25) is 0 Å². The lowest BCUT2D eigenvalue weighted by atomic mass is 9.33. The summed E-state index contributed by atoms with van der Waals surface area (Å²) < 4.78 is 6.04. The fourth-order valence-corrected chi connectivity index (χ4v) is 11.9. The van der Waals surface area contributed by atoms with Crippen molar-refractivity contribution in [1.82, 2.24) is 0 Å². The Balaban J connectivity index is 1.30. The van der Waals surface area contributed by atoms with Crippen molar-refractivity contribution >= 4 is 18.0 Å². The highest BCUT2D eigenvalue weighted by atomic mass is 16.6. The first-order chi connectivity index (χ1) is 21.0. The molecule has 0 heterocycles. The lowest BCUT2D eigenvalue weighted by Crippen LogP contribution is -2.67. The molecule has 3 N–H and O–H groups in total. The van der Waals surface area contributed by atoms with Gasteiger partial charge >= 0.3 is 11.9 Å². The van der Waals surface area contributed by atoms with Crippen molar-refractivity contribution in [3.63, 3.8) is 0 Å². The molecule has 0 radical (unpaired) electrons. The smallest absolute Gasteiger partial charge is 0.331 e. The van der Waals surface area contributed by atoms with Gasteiger partial charge in [-0.05, 0) is 109 Å². The number of phenols is 1. The molecule has 0 saturated heterocycles. The van der Waals surface area contributed by atoms with Crippen molar-refractivity contribution in [1.29, 1.82) is 0 Å². The zero-order valence-electron chi connectivity index (χ0n) is 27.9. The molecule has 0 aromatic heterocycles. The topological polar surface area (TPSA) is 104 Å². The molecular formula is C39H52O6. The number of rotatable bonds is 4. The summed E-state index contributed by atoms with van der Waals surface area (Å²) in [5.41, 5.74) is 1.81. The Morgan fingerprint density at radius 2 is 1.69 bits per heavy atom. The van der Waals surface area contributed by atoms with Crippen molar-refractivity contribution in [2.45, 2.75) is 105 Å². The number of phenolic OH excluding ortho intramolecular Hbond substituents is 1. The number of hydrogen-bond donors (Lipinski definition) is 3. The maximum atomic E-state index is 13.0. The summed E-state index contributed by atoms with van der Waals surface area (Å²) in [5, 5.41) is 31.9. The van der Waals surface area contributed by atoms with Gasteiger partial charge in [0.15, 0.2) is 0 Å². The van der Waals surface area contributed by atoms with Crippen molar-refractivity contribution in [3.05, 3.63) is 59.7 Å². The standard InChI is InChI=1S/C39H52O6/c1-23-16-19-39(34(43)44)21-20-37(6)27(32(39)24(23)2)13-14-30-36(5)22-28(41)33(35(3,4)29(36)17-18-38(30,37)7)45-31(42)15-10-25-8-11-26(40)12-9-25/h8-13,15,24,28-30,32-33,40-41H,1,14,16-22H2,2-7H3,(H,43,44)/b15-10-/t24-,28+,29-,30+,32-,33-,36-,37+,38+,39-/m0/s1. The van der Waals surface area contributed by atoms with Crippen molar-refractivity contribution in [2.24, 2.45) is 50.7 Å². The molecule has 6 nitrogen and oxygen atoms in total. The van der Waals surface area contributed by atoms with E-state index in [0.29, 0.717) is 25.2 Å². The van der Waals surface area contributed by atoms with Crippen molar-refractivity contribution in [2.75, 3.05) is 0 Å². The molecule has 6 heteroatoms. The quantitative estimate of drug-likeness (QED) is 0.180. The largest absolute Gasteiger partial charge is 0.508 e. The molecule has 0 unspecified atom stereocenters. The second-order valence-electron chi connectivity index (χ2n) is 16.6. The van der Waals surface area contributed by atoms with Gasteiger partial charge in [0, 0.05) is 17.4 Å². The monoisotopic (exact) mass is 616 g/mol. The Morgan fingerprint density at radius 1 is 1.00 bits per heavy atom. The van der Waals surface area contributed by atoms with Crippen molar-refractivity contribution < 1.29 is 29.6 Å². The summed E-state index contributed by atoms with van der Waals surface area (Å²) in [6.07, 6.45) is 10.5. The summed E-state index contributed by atoms with van der Waals surface area (Å²) >= 11 is 0. The average molecular weight is 617 g/mol. The second-order valence-corrected chi connectivity index (χ2v) is 16.6. The zero-order valence-corrected chi connectivity index (χ0v) is 27.9. The van der Waals surface area contributed by atoms with Crippen LogP contribution in [0, 0.1) is 50.7 Å². The predicted octanol–water partition coefficient (Wildman–Crippen LogP) is 7.95. The predicted molar refractivity (Wildman–Crippen MR) is 175 cm³/mol. The Hall–Kier alpha value is -2.86. The van der Waals surface area contributed by atoms with E-state index < -0.39 is 35.0 Å². The number of allylic oxidation sites excluding steroid dienone is 3. The van der Waals surface area contributed by atoms with E-state index >= 15 is 0 Å². The molecule has 5 aliphatic rings. The van der Waals surface area contributed by atoms with E-state index in [9.17, 15) is 24.9 Å². The van der Waals surface area contributed by atoms with Gasteiger partial charge in [-0.15, -0.1) is 0 Å². The van der Waals surface area contributed by atoms with Crippen LogP contribution in [0.4, 0.5) is 0 Å². The molecule has 6 rings (SSSR count). The van der Waals surface area contributed by atoms with Crippen LogP contribution >= 0.6 is 0 Å². The maximum absolute atomic E-state index is 13.0. The van der Waals surface area contributed by atoms with Gasteiger partial charge in [-0.2, -0.15) is 0 Å². The van der Waals surface area contributed by atoms with E-state index in [4.69, 9.17) is 4.74 Å². The molecule has 1 aromatic rings. The summed E-state index contributed by atoms with van der Waals surface area (Å²) in [6.45, 7) is 18.1. The molecule has 10 atom stereocenters. The number of aliphatic hydroxyl groups excluding tert-OH is 1. The lowest BCUT2D eigenvalue weighted by Gasteiger charge is -2.71. The summed E-state index contributed by atoms with van der Waals surface area (Å²) in [5.74, 6) is -0.274. The molecule has 45 heavy (non-hydrogen) atoms. The fraction of sp³-hybridized carbons (Fsp3) is 0.641. The molecule has 4 saturated carbocycles. The molecule has 0 spiro atoms. The van der Waals surface area contributed by atoms with Crippen LogP contribution in [-0.4, -0.2) is 39.5 Å². The molecule has 5 aliphatic carbocycles. The van der Waals surface area contributed by atoms with Gasteiger partial charge in [0.25, 0.3) is 0 Å². The molecule has 4 fully saturated rings. The third-order valence-electron chi connectivity index (χ3n) is 14.4. The van der Waals surface area contributed by atoms with Gasteiger partial charge in [-0.3, -0.25) is 4.79 Å². The number of aromatic hydroxyl groups is 1. The van der Waals surface area contributed by atoms with Gasteiger partial charge in [0.05, 0.1) is 11.5 Å². The van der Waals surface area contributed by atoms with Crippen LogP contribution in [0.1, 0.15) is 98.5 Å². The zero-order chi connectivity index (χ0) is 32.7. The van der Waals surface area contributed by atoms with Crippen LogP contribution < -0.4 is 0 Å². The summed E-state index contributed by atoms with van der Waals surface area (Å²) in [4.78, 5) is 26.0. The van der Waals surface area contributed by atoms with E-state index in [1.54, 1.807) is 30.3 Å². The second kappa shape index (κ2) is 10.6. The maximum Gasteiger partial charge on any atom is 0.331 e. The van der Waals surface area contributed by atoms with Crippen LogP contribution in [0.3, 0.4) is 0 Å². The van der Waals surface area contributed by atoms with Gasteiger partial charge < -0.3 is 20.1 Å². The number of esters is 1. The lowest BCUT2D eigenvalue weighted by molar-refractivity contribution is -0.238. The first kappa shape index (κ1) is 32.1. The third kappa shape index (κ3) is 4.52. The first-order valence-corrected chi connectivity index (χ1v) is 17.0. The van der Waals surface area contributed by atoms with E-state index in [-0.39, 0.29) is 39.7 Å². The number of aliphatic hydroxyl groups is 1. The number of carboxylic acids is 1. The molecule has 244 valence electrons. The summed E-state index contributed by atoms with van der Waals surface area (Å²) in [6, 6.07) is 6.60. The van der Waals surface area contributed by atoms with Gasteiger partial charge in [0.1, 0.15) is 11.9 Å². The molecule has 0 bridgehead atoms. The minimum absolute atomic E-state index is 0.0230. The highest BCUT2D eigenvalue weighted by Gasteiger charge is 2.70. The number of ether oxygens (including phenoxy) is 1. The highest BCUT2D eigenvalue weighted by Crippen LogP contribution is 2.75. The fourth-order valence-electron chi connectivity index (χ4n) is 11.9. The van der Waals surface area contributed by atoms with Gasteiger partial charge in [-0.1, -0.05) is 77.5 Å². The third-order valence-corrected chi connectivity index (χ3v) is 14.4. The number of fused-ring (bicyclic) bond motifs is 7. The number of hydrogen-bond acceptors (Lipinski definition) is 5. The Bertz CT molecular complexity index is 1450. The number of benzene rings is 1. The molecule has 0 amide bonds. The van der Waals surface area contributed by atoms with E-state index in [1.807, 2.05) is 0 Å². The van der Waals surface area contributed by atoms with Crippen LogP contribution in [0.5, 0.6) is 5.75 Å². The van der Waals surface area contributed by atoms with E-state index in [1.165, 1.54) is 17.2 Å². The van der Waals surface area contributed by atoms with Crippen LogP contribution in [-0.2, 0) is 14.3 Å². The molecule has 0 aliphatic heterocycles. The van der Waals surface area contributed by atoms with Crippen molar-refractivity contribution in [3.8, 4) is 5.75 Å². The summed E-state index contributed by atoms with van der Waals surface area (Å²) in [7, 11) is 0. The van der Waals surface area contributed by atoms with Crippen LogP contribution in [0.25, 0.3) is 6.08 Å². The number of carbonyl (C=O) groups excluding carboxylic acids is 1. The molecular weight excluding hydrogens is 564 g/mol. The number of aliphatic carboxylic acids is 1. The first-order valence-electron chi connectivity index (χ1n) is 17.0. The Morgan fingerprint density at radius 3 is 2.36 bits per heavy atom. The van der Waals surface area contributed by atoms with Crippen LogP contribution in [0.2, 0.25) is 0 Å². The van der Waals surface area contributed by atoms with Crippen LogP contribution in [0.15, 0.2) is 54.1 Å². The van der Waals surface area contributed by atoms with Gasteiger partial charge in [-0.25, -0.2) is 4.79 Å². The van der Waals surface area contributed by atoms with E-state index in [0.717, 1.165) is 37.7 Å². The molecule has 1 aromatic carbocycles.